The van der Waals surface area contributed by atoms with Crippen molar-refractivity contribution in [3.05, 3.63) is 86.2 Å². The molecule has 0 unspecified atom stereocenters. The third-order valence-corrected chi connectivity index (χ3v) is 5.70. The molecule has 5 rings (SSSR count). The van der Waals surface area contributed by atoms with E-state index < -0.39 is 17.3 Å². The van der Waals surface area contributed by atoms with E-state index in [1.54, 1.807) is 31.4 Å². The van der Waals surface area contributed by atoms with E-state index in [1.807, 2.05) is 29.6 Å². The van der Waals surface area contributed by atoms with E-state index in [-0.39, 0.29) is 11.4 Å². The second-order valence-corrected chi connectivity index (χ2v) is 7.35. The maximum atomic E-state index is 12.8. The lowest BCUT2D eigenvalue weighted by Crippen LogP contribution is -2.87. The van der Waals surface area contributed by atoms with E-state index in [9.17, 15) is 14.7 Å². The summed E-state index contributed by atoms with van der Waals surface area (Å²) in [6.45, 7) is 0.741. The number of nitrogens with one attached hydrogen (secondary N) is 2. The Morgan fingerprint density at radius 3 is 2.70 bits per heavy atom. The normalized spacial score (nSPS) is 15.8. The molecule has 0 bridgehead atoms. The highest BCUT2D eigenvalue weighted by Crippen LogP contribution is 2.34. The number of aromatic amines is 2. The molecule has 152 valence electrons. The van der Waals surface area contributed by atoms with Crippen LogP contribution in [0, 0.1) is 0 Å². The number of quaternary nitrogens is 1. The lowest BCUT2D eigenvalue weighted by Gasteiger charge is -2.22. The molecule has 0 radical (unpaired) electrons. The molecule has 5 N–H and O–H groups in total. The van der Waals surface area contributed by atoms with Gasteiger partial charge in [-0.25, -0.2) is 9.36 Å². The first kappa shape index (κ1) is 18.3. The van der Waals surface area contributed by atoms with Crippen LogP contribution in [0.15, 0.2) is 58.1 Å². The summed E-state index contributed by atoms with van der Waals surface area (Å²) < 4.78 is 6.49. The second kappa shape index (κ2) is 6.93. The number of benzene rings is 2. The van der Waals surface area contributed by atoms with Gasteiger partial charge in [0.1, 0.15) is 11.3 Å². The maximum absolute atomic E-state index is 12.8. The summed E-state index contributed by atoms with van der Waals surface area (Å²) in [5.74, 6) is 0.411. The summed E-state index contributed by atoms with van der Waals surface area (Å²) in [6, 6.07) is 14.1. The van der Waals surface area contributed by atoms with Gasteiger partial charge in [-0.15, -0.1) is 0 Å². The summed E-state index contributed by atoms with van der Waals surface area (Å²) in [6.07, 6.45) is 0.815. The standard InChI is InChI=1S/C22H20N4O4/c1-30-13-7-8-16-15(11-13)14-9-10-23-19(18(14)24-16)17-20(27)25-22(29)26(21(17)28)12-5-3-2-4-6-12/h2-8,11,19,23-24,28H,9-10H2,1H3,(H,25,27,29)/p+1/t19-/m1/s1. The first-order valence-electron chi connectivity index (χ1n) is 9.74. The zero-order chi connectivity index (χ0) is 20.8. The van der Waals surface area contributed by atoms with Gasteiger partial charge >= 0.3 is 5.69 Å². The minimum Gasteiger partial charge on any atom is -0.497 e. The second-order valence-electron chi connectivity index (χ2n) is 7.35. The molecule has 1 aliphatic rings. The minimum absolute atomic E-state index is 0.151. The number of ether oxygens (including phenoxy) is 1. The van der Waals surface area contributed by atoms with Crippen molar-refractivity contribution in [2.24, 2.45) is 0 Å². The molecule has 1 atom stereocenters. The van der Waals surface area contributed by atoms with Crippen molar-refractivity contribution in [3.8, 4) is 17.3 Å². The van der Waals surface area contributed by atoms with Gasteiger partial charge in [-0.05, 0) is 35.9 Å². The van der Waals surface area contributed by atoms with Crippen molar-refractivity contribution < 1.29 is 15.2 Å². The van der Waals surface area contributed by atoms with Crippen LogP contribution in [0.25, 0.3) is 16.6 Å². The third kappa shape index (κ3) is 2.73. The molecule has 0 saturated heterocycles. The topological polar surface area (TPSA) is 117 Å². The number of rotatable bonds is 3. The lowest BCUT2D eigenvalue weighted by molar-refractivity contribution is -0.690. The molecule has 0 spiro atoms. The van der Waals surface area contributed by atoms with Gasteiger partial charge in [-0.2, -0.15) is 0 Å². The van der Waals surface area contributed by atoms with Crippen LogP contribution in [0.2, 0.25) is 0 Å². The monoisotopic (exact) mass is 405 g/mol. The average molecular weight is 405 g/mol. The zero-order valence-electron chi connectivity index (χ0n) is 16.3. The summed E-state index contributed by atoms with van der Waals surface area (Å²) in [4.78, 5) is 31.0. The molecule has 0 saturated carbocycles. The van der Waals surface area contributed by atoms with Gasteiger partial charge in [0.05, 0.1) is 25.0 Å². The van der Waals surface area contributed by atoms with Gasteiger partial charge in [0.2, 0.25) is 5.88 Å². The van der Waals surface area contributed by atoms with Crippen molar-refractivity contribution in [1.29, 1.82) is 0 Å². The fourth-order valence-corrected chi connectivity index (χ4v) is 4.32. The number of para-hydroxylation sites is 1. The molecule has 1 aliphatic heterocycles. The molecule has 2 aromatic carbocycles. The summed E-state index contributed by atoms with van der Waals surface area (Å²) in [7, 11) is 1.63. The van der Waals surface area contributed by atoms with E-state index >= 15 is 0 Å². The Balaban J connectivity index is 1.73. The highest BCUT2D eigenvalue weighted by atomic mass is 16.5. The number of methoxy groups -OCH3 is 1. The predicted octanol–water partition coefficient (Wildman–Crippen LogP) is 0.930. The summed E-state index contributed by atoms with van der Waals surface area (Å²) >= 11 is 0. The quantitative estimate of drug-likeness (QED) is 0.406. The molecule has 3 heterocycles. The maximum Gasteiger partial charge on any atom is 0.335 e. The van der Waals surface area contributed by atoms with E-state index in [0.29, 0.717) is 5.69 Å². The van der Waals surface area contributed by atoms with Gasteiger partial charge in [0.15, 0.2) is 6.04 Å². The van der Waals surface area contributed by atoms with Crippen LogP contribution >= 0.6 is 0 Å². The fourth-order valence-electron chi connectivity index (χ4n) is 4.32. The van der Waals surface area contributed by atoms with Gasteiger partial charge in [-0.1, -0.05) is 18.2 Å². The number of nitrogens with two attached hydrogens (primary N) is 1. The Morgan fingerprint density at radius 2 is 1.93 bits per heavy atom. The number of fused-ring (bicyclic) bond motifs is 3. The number of aromatic nitrogens is 3. The molecule has 0 fully saturated rings. The van der Waals surface area contributed by atoms with Crippen LogP contribution in [0.5, 0.6) is 11.6 Å². The number of hydrogen-bond acceptors (Lipinski definition) is 4. The van der Waals surface area contributed by atoms with Crippen molar-refractivity contribution in [2.45, 2.75) is 12.5 Å². The largest absolute Gasteiger partial charge is 0.497 e. The van der Waals surface area contributed by atoms with Gasteiger partial charge < -0.3 is 20.1 Å². The van der Waals surface area contributed by atoms with Crippen LogP contribution in [0.4, 0.5) is 0 Å². The molecule has 2 aromatic heterocycles. The van der Waals surface area contributed by atoms with E-state index in [4.69, 9.17) is 4.74 Å². The highest BCUT2D eigenvalue weighted by Gasteiger charge is 2.34. The predicted molar refractivity (Wildman–Crippen MR) is 112 cm³/mol. The molecular weight excluding hydrogens is 384 g/mol. The SMILES string of the molecule is COc1ccc2[nH]c3c(c2c1)CC[NH2+][C@@H]3c1c(O)n(-c2ccccc2)c(=O)[nH]c1=O. The number of hydrogen-bond donors (Lipinski definition) is 4. The number of H-pyrrole nitrogens is 2. The third-order valence-electron chi connectivity index (χ3n) is 5.70. The molecule has 8 heteroatoms. The lowest BCUT2D eigenvalue weighted by atomic mass is 9.95. The zero-order valence-corrected chi connectivity index (χ0v) is 16.3. The Labute approximate surface area is 170 Å². The average Bonchev–Trinajstić information content (AvgIpc) is 3.13. The fraction of sp³-hybridized carbons (Fsp3) is 0.182. The van der Waals surface area contributed by atoms with Crippen LogP contribution in [0.3, 0.4) is 0 Å². The van der Waals surface area contributed by atoms with Crippen molar-refractivity contribution in [2.75, 3.05) is 13.7 Å². The Kier molecular flexibility index (Phi) is 4.22. The first-order chi connectivity index (χ1) is 14.6. The van der Waals surface area contributed by atoms with E-state index in [2.05, 4.69) is 9.97 Å². The van der Waals surface area contributed by atoms with Crippen LogP contribution in [-0.2, 0) is 6.42 Å². The number of nitrogens with zero attached hydrogens (tertiary/aromatic N) is 1. The Bertz CT molecular complexity index is 1370. The van der Waals surface area contributed by atoms with E-state index in [0.717, 1.165) is 45.4 Å². The number of aromatic hydroxyl groups is 1. The molecule has 0 amide bonds. The van der Waals surface area contributed by atoms with Gasteiger partial charge in [-0.3, -0.25) is 9.78 Å². The van der Waals surface area contributed by atoms with Gasteiger partial charge in [0.25, 0.3) is 5.56 Å². The summed E-state index contributed by atoms with van der Waals surface area (Å²) in [5.41, 5.74) is 2.25. The molecule has 8 nitrogen and oxygen atoms in total. The van der Waals surface area contributed by atoms with Crippen molar-refractivity contribution in [3.63, 3.8) is 0 Å². The van der Waals surface area contributed by atoms with Gasteiger partial charge in [0, 0.05) is 17.3 Å². The van der Waals surface area contributed by atoms with Crippen LogP contribution < -0.4 is 21.3 Å². The van der Waals surface area contributed by atoms with Crippen LogP contribution in [0.1, 0.15) is 22.9 Å². The first-order valence-corrected chi connectivity index (χ1v) is 9.74. The van der Waals surface area contributed by atoms with Crippen molar-refractivity contribution in [1.82, 2.24) is 14.5 Å². The Morgan fingerprint density at radius 1 is 1.13 bits per heavy atom. The molecule has 4 aromatic rings. The molecule has 30 heavy (non-hydrogen) atoms. The van der Waals surface area contributed by atoms with Crippen molar-refractivity contribution >= 4 is 10.9 Å². The molecule has 0 aliphatic carbocycles. The van der Waals surface area contributed by atoms with E-state index in [1.165, 1.54) is 0 Å². The minimum atomic E-state index is -0.676. The summed E-state index contributed by atoms with van der Waals surface area (Å²) in [5, 5.41) is 14.1. The van der Waals surface area contributed by atoms with Crippen LogP contribution in [-0.4, -0.2) is 33.3 Å². The Hall–Kier alpha value is -3.78. The smallest absolute Gasteiger partial charge is 0.335 e. The highest BCUT2D eigenvalue weighted by molar-refractivity contribution is 5.86. The molecular formula is C22H21N4O4+.